The minimum absolute atomic E-state index is 0.101. The molecule has 2 aromatic rings. The van der Waals surface area contributed by atoms with Gasteiger partial charge in [0.1, 0.15) is 5.69 Å². The molecule has 2 fully saturated rings. The molecule has 1 aliphatic carbocycles. The smallest absolute Gasteiger partial charge is 0.273 e. The van der Waals surface area contributed by atoms with E-state index in [0.717, 1.165) is 49.8 Å². The summed E-state index contributed by atoms with van der Waals surface area (Å²) in [5.41, 5.74) is 3.65. The molecular formula is C16H20N4OS2. The molecule has 0 unspecified atom stereocenters. The summed E-state index contributed by atoms with van der Waals surface area (Å²) in [6.45, 7) is 4.41. The second-order valence-electron chi connectivity index (χ2n) is 6.25. The van der Waals surface area contributed by atoms with Gasteiger partial charge in [0.05, 0.1) is 16.2 Å². The fraction of sp³-hybridized carbons (Fsp3) is 0.562. The van der Waals surface area contributed by atoms with Crippen molar-refractivity contribution in [1.29, 1.82) is 0 Å². The number of hydrogen-bond acceptors (Lipinski definition) is 6. The van der Waals surface area contributed by atoms with Crippen molar-refractivity contribution in [2.24, 2.45) is 0 Å². The quantitative estimate of drug-likeness (QED) is 0.852. The Hall–Kier alpha value is -1.31. The third kappa shape index (κ3) is 3.62. The molecular weight excluding hydrogens is 328 g/mol. The molecule has 0 bridgehead atoms. The van der Waals surface area contributed by atoms with Crippen molar-refractivity contribution in [3.63, 3.8) is 0 Å². The molecule has 0 atom stereocenters. The van der Waals surface area contributed by atoms with Gasteiger partial charge in [0.25, 0.3) is 5.91 Å². The van der Waals surface area contributed by atoms with E-state index in [0.29, 0.717) is 11.6 Å². The van der Waals surface area contributed by atoms with Gasteiger partial charge in [0, 0.05) is 49.4 Å². The maximum Gasteiger partial charge on any atom is 0.273 e. The summed E-state index contributed by atoms with van der Waals surface area (Å²) in [4.78, 5) is 25.9. The van der Waals surface area contributed by atoms with Crippen molar-refractivity contribution in [1.82, 2.24) is 19.8 Å². The van der Waals surface area contributed by atoms with Crippen molar-refractivity contribution in [3.8, 4) is 0 Å². The lowest BCUT2D eigenvalue weighted by atomic mass is 10.3. The van der Waals surface area contributed by atoms with Crippen LogP contribution in [0.25, 0.3) is 0 Å². The SMILES string of the molecule is O=C(c1csc(C2CC2)n1)N1CCCN(Cc2cscn2)CC1. The predicted octanol–water partition coefficient (Wildman–Crippen LogP) is 2.83. The van der Waals surface area contributed by atoms with Crippen LogP contribution in [0.2, 0.25) is 0 Å². The van der Waals surface area contributed by atoms with Gasteiger partial charge in [-0.3, -0.25) is 9.69 Å². The highest BCUT2D eigenvalue weighted by molar-refractivity contribution is 7.10. The molecule has 0 N–H and O–H groups in total. The zero-order valence-corrected chi connectivity index (χ0v) is 14.6. The molecule has 4 rings (SSSR count). The highest BCUT2D eigenvalue weighted by atomic mass is 32.1. The lowest BCUT2D eigenvalue weighted by Gasteiger charge is -2.20. The maximum atomic E-state index is 12.7. The van der Waals surface area contributed by atoms with E-state index in [1.165, 1.54) is 12.8 Å². The first kappa shape index (κ1) is 15.2. The summed E-state index contributed by atoms with van der Waals surface area (Å²) in [5.74, 6) is 0.725. The first-order valence-corrected chi connectivity index (χ1v) is 9.96. The Morgan fingerprint density at radius 2 is 2.13 bits per heavy atom. The first-order valence-electron chi connectivity index (χ1n) is 8.14. The Labute approximate surface area is 144 Å². The fourth-order valence-corrected chi connectivity index (χ4v) is 4.46. The first-order chi connectivity index (χ1) is 11.3. The van der Waals surface area contributed by atoms with Gasteiger partial charge in [0.2, 0.25) is 0 Å². The molecule has 0 spiro atoms. The number of nitrogens with zero attached hydrogens (tertiary/aromatic N) is 4. The van der Waals surface area contributed by atoms with Gasteiger partial charge >= 0.3 is 0 Å². The number of carbonyl (C=O) groups is 1. The molecule has 1 amide bonds. The fourth-order valence-electron chi connectivity index (χ4n) is 2.94. The average molecular weight is 348 g/mol. The van der Waals surface area contributed by atoms with Gasteiger partial charge < -0.3 is 4.90 Å². The van der Waals surface area contributed by atoms with Crippen LogP contribution in [0.15, 0.2) is 16.3 Å². The van der Waals surface area contributed by atoms with E-state index < -0.39 is 0 Å². The van der Waals surface area contributed by atoms with E-state index in [-0.39, 0.29) is 5.91 Å². The van der Waals surface area contributed by atoms with Crippen LogP contribution < -0.4 is 0 Å². The van der Waals surface area contributed by atoms with Gasteiger partial charge in [-0.1, -0.05) is 0 Å². The number of rotatable bonds is 4. The largest absolute Gasteiger partial charge is 0.336 e. The monoisotopic (exact) mass is 348 g/mol. The second kappa shape index (κ2) is 6.67. The van der Waals surface area contributed by atoms with E-state index in [1.54, 1.807) is 22.7 Å². The van der Waals surface area contributed by atoms with Crippen molar-refractivity contribution < 1.29 is 4.79 Å². The van der Waals surface area contributed by atoms with Gasteiger partial charge in [-0.2, -0.15) is 0 Å². The molecule has 0 aromatic carbocycles. The van der Waals surface area contributed by atoms with E-state index in [2.05, 4.69) is 20.2 Å². The molecule has 2 aromatic heterocycles. The van der Waals surface area contributed by atoms with Crippen molar-refractivity contribution in [2.45, 2.75) is 31.7 Å². The van der Waals surface area contributed by atoms with Crippen LogP contribution in [0.3, 0.4) is 0 Å². The second-order valence-corrected chi connectivity index (χ2v) is 7.86. The minimum Gasteiger partial charge on any atom is -0.336 e. The summed E-state index contributed by atoms with van der Waals surface area (Å²) < 4.78 is 0. The lowest BCUT2D eigenvalue weighted by molar-refractivity contribution is 0.0756. The molecule has 0 radical (unpaired) electrons. The number of carbonyl (C=O) groups excluding carboxylic acids is 1. The number of hydrogen-bond donors (Lipinski definition) is 0. The molecule has 23 heavy (non-hydrogen) atoms. The average Bonchev–Trinajstić information content (AvgIpc) is 3.15. The van der Waals surface area contributed by atoms with Crippen LogP contribution >= 0.6 is 22.7 Å². The summed E-state index contributed by atoms with van der Waals surface area (Å²) in [5, 5.41) is 5.18. The standard InChI is InChI=1S/C16H20N4OS2/c21-16(14-10-23-15(18-14)12-2-3-12)20-5-1-4-19(6-7-20)8-13-9-22-11-17-13/h9-12H,1-8H2. The Kier molecular flexibility index (Phi) is 4.41. The maximum absolute atomic E-state index is 12.7. The van der Waals surface area contributed by atoms with E-state index in [1.807, 2.05) is 15.8 Å². The van der Waals surface area contributed by atoms with Crippen LogP contribution in [0.1, 0.15) is 46.4 Å². The normalized spacial score (nSPS) is 19.7. The van der Waals surface area contributed by atoms with Crippen molar-refractivity contribution in [3.05, 3.63) is 32.7 Å². The molecule has 3 heterocycles. The molecule has 1 saturated heterocycles. The predicted molar refractivity (Wildman–Crippen MR) is 92.0 cm³/mol. The summed E-state index contributed by atoms with van der Waals surface area (Å²) >= 11 is 3.28. The van der Waals surface area contributed by atoms with Crippen LogP contribution in [0.4, 0.5) is 0 Å². The topological polar surface area (TPSA) is 49.3 Å². The van der Waals surface area contributed by atoms with Gasteiger partial charge in [-0.05, 0) is 19.3 Å². The zero-order chi connectivity index (χ0) is 15.6. The summed E-state index contributed by atoms with van der Waals surface area (Å²) in [6.07, 6.45) is 3.47. The molecule has 2 aliphatic rings. The molecule has 122 valence electrons. The minimum atomic E-state index is 0.101. The Morgan fingerprint density at radius 3 is 2.91 bits per heavy atom. The number of amides is 1. The Bertz CT molecular complexity index is 665. The Morgan fingerprint density at radius 1 is 1.22 bits per heavy atom. The van der Waals surface area contributed by atoms with Gasteiger partial charge in [-0.25, -0.2) is 9.97 Å². The van der Waals surface area contributed by atoms with Crippen LogP contribution in [-0.4, -0.2) is 51.9 Å². The molecule has 1 aliphatic heterocycles. The van der Waals surface area contributed by atoms with Crippen LogP contribution in [-0.2, 0) is 6.54 Å². The van der Waals surface area contributed by atoms with Crippen molar-refractivity contribution in [2.75, 3.05) is 26.2 Å². The third-order valence-electron chi connectivity index (χ3n) is 4.41. The number of aromatic nitrogens is 2. The van der Waals surface area contributed by atoms with Crippen LogP contribution in [0.5, 0.6) is 0 Å². The highest BCUT2D eigenvalue weighted by Gasteiger charge is 2.29. The zero-order valence-electron chi connectivity index (χ0n) is 13.0. The lowest BCUT2D eigenvalue weighted by Crippen LogP contribution is -2.35. The molecule has 7 heteroatoms. The molecule has 5 nitrogen and oxygen atoms in total. The van der Waals surface area contributed by atoms with E-state index in [9.17, 15) is 4.79 Å². The number of thiazole rings is 2. The van der Waals surface area contributed by atoms with Crippen LogP contribution in [0, 0.1) is 0 Å². The molecule has 1 saturated carbocycles. The van der Waals surface area contributed by atoms with Crippen molar-refractivity contribution >= 4 is 28.6 Å². The third-order valence-corrected chi connectivity index (χ3v) is 6.05. The highest BCUT2D eigenvalue weighted by Crippen LogP contribution is 2.41. The van der Waals surface area contributed by atoms with Gasteiger partial charge in [0.15, 0.2) is 0 Å². The summed E-state index contributed by atoms with van der Waals surface area (Å²) in [6, 6.07) is 0. The van der Waals surface area contributed by atoms with E-state index in [4.69, 9.17) is 0 Å². The van der Waals surface area contributed by atoms with E-state index >= 15 is 0 Å². The summed E-state index contributed by atoms with van der Waals surface area (Å²) in [7, 11) is 0. The Balaban J connectivity index is 1.36. The van der Waals surface area contributed by atoms with Gasteiger partial charge in [-0.15, -0.1) is 22.7 Å².